The zero-order chi connectivity index (χ0) is 17.6. The van der Waals surface area contributed by atoms with E-state index in [9.17, 15) is 13.2 Å². The third-order valence-corrected chi connectivity index (χ3v) is 6.42. The van der Waals surface area contributed by atoms with E-state index in [0.717, 1.165) is 0 Å². The van der Waals surface area contributed by atoms with E-state index in [1.807, 2.05) is 0 Å². The van der Waals surface area contributed by atoms with Crippen LogP contribution in [0.2, 0.25) is 0 Å². The van der Waals surface area contributed by atoms with E-state index >= 15 is 0 Å². The number of methoxy groups -OCH3 is 2. The largest absolute Gasteiger partial charge is 0.497 e. The molecule has 1 fully saturated rings. The van der Waals surface area contributed by atoms with Crippen molar-refractivity contribution in [2.24, 2.45) is 0 Å². The van der Waals surface area contributed by atoms with Crippen LogP contribution in [0.25, 0.3) is 0 Å². The highest BCUT2D eigenvalue weighted by atomic mass is 32.2. The molecule has 0 spiro atoms. The Labute approximate surface area is 142 Å². The molecule has 1 N–H and O–H groups in total. The molecular weight excluding hydrogens is 332 g/mol. The summed E-state index contributed by atoms with van der Waals surface area (Å²) in [5, 5.41) is 2.29. The van der Waals surface area contributed by atoms with Gasteiger partial charge >= 0.3 is 6.03 Å². The van der Waals surface area contributed by atoms with Gasteiger partial charge in [0.15, 0.2) is 9.84 Å². The summed E-state index contributed by atoms with van der Waals surface area (Å²) in [7, 11) is -0.281. The molecule has 1 aromatic rings. The molecule has 2 amide bonds. The van der Waals surface area contributed by atoms with Crippen molar-refractivity contribution >= 4 is 15.9 Å². The first kappa shape index (κ1) is 18.5. The van der Waals surface area contributed by atoms with Crippen LogP contribution < -0.4 is 10.1 Å². The third kappa shape index (κ3) is 4.39. The fourth-order valence-electron chi connectivity index (χ4n) is 2.70. The van der Waals surface area contributed by atoms with Crippen LogP contribution in [0.5, 0.6) is 5.75 Å². The number of rotatable bonds is 6. The summed E-state index contributed by atoms with van der Waals surface area (Å²) in [6.07, 6.45) is 0.873. The smallest absolute Gasteiger partial charge is 0.317 e. The number of piperidine rings is 1. The molecule has 0 radical (unpaired) electrons. The van der Waals surface area contributed by atoms with Crippen molar-refractivity contribution in [1.82, 2.24) is 10.2 Å². The molecule has 0 unspecified atom stereocenters. The van der Waals surface area contributed by atoms with E-state index in [2.05, 4.69) is 5.32 Å². The molecule has 1 aromatic carbocycles. The maximum absolute atomic E-state index is 12.7. The van der Waals surface area contributed by atoms with Crippen molar-refractivity contribution in [3.63, 3.8) is 0 Å². The molecule has 0 saturated carbocycles. The van der Waals surface area contributed by atoms with Crippen molar-refractivity contribution < 1.29 is 22.7 Å². The van der Waals surface area contributed by atoms with Gasteiger partial charge in [-0.3, -0.25) is 0 Å². The Morgan fingerprint density at radius 1 is 1.21 bits per heavy atom. The number of carbonyl (C=O) groups is 1. The topological polar surface area (TPSA) is 84.9 Å². The Balaban J connectivity index is 1.94. The molecule has 24 heavy (non-hydrogen) atoms. The van der Waals surface area contributed by atoms with Crippen LogP contribution in [-0.2, 0) is 14.6 Å². The molecule has 1 saturated heterocycles. The lowest BCUT2D eigenvalue weighted by molar-refractivity contribution is 0.173. The van der Waals surface area contributed by atoms with E-state index in [4.69, 9.17) is 9.47 Å². The van der Waals surface area contributed by atoms with E-state index in [-0.39, 0.29) is 6.03 Å². The van der Waals surface area contributed by atoms with Crippen LogP contribution in [0.3, 0.4) is 0 Å². The molecule has 134 valence electrons. The van der Waals surface area contributed by atoms with E-state index in [0.29, 0.717) is 49.7 Å². The van der Waals surface area contributed by atoms with Gasteiger partial charge in [-0.1, -0.05) is 0 Å². The molecule has 7 nitrogen and oxygen atoms in total. The number of likely N-dealkylation sites (tertiary alicyclic amines) is 1. The highest BCUT2D eigenvalue weighted by Gasteiger charge is 2.32. The van der Waals surface area contributed by atoms with E-state index in [1.54, 1.807) is 36.3 Å². The number of urea groups is 1. The van der Waals surface area contributed by atoms with Crippen molar-refractivity contribution in [2.75, 3.05) is 40.5 Å². The van der Waals surface area contributed by atoms with Crippen LogP contribution in [0.1, 0.15) is 12.8 Å². The second-order valence-electron chi connectivity index (χ2n) is 5.63. The number of hydrogen-bond acceptors (Lipinski definition) is 5. The number of amides is 2. The molecule has 0 bridgehead atoms. The standard InChI is InChI=1S/C16H24N2O5S/c1-22-12-9-17-16(19)18-10-7-15(8-11-18)24(20,21)14-5-3-13(23-2)4-6-14/h3-6,15H,7-12H2,1-2H3,(H,17,19). The van der Waals surface area contributed by atoms with Gasteiger partial charge in [-0.05, 0) is 37.1 Å². The Bertz CT molecular complexity index is 637. The molecular formula is C16H24N2O5S. The number of nitrogens with one attached hydrogen (secondary N) is 1. The maximum atomic E-state index is 12.7. The minimum absolute atomic E-state index is 0.174. The molecule has 8 heteroatoms. The molecule has 1 aliphatic rings. The lowest BCUT2D eigenvalue weighted by Crippen LogP contribution is -2.47. The summed E-state index contributed by atoms with van der Waals surface area (Å²) in [4.78, 5) is 13.9. The molecule has 0 aromatic heterocycles. The fourth-order valence-corrected chi connectivity index (χ4v) is 4.43. The van der Waals surface area contributed by atoms with Gasteiger partial charge in [0, 0.05) is 26.7 Å². The number of ether oxygens (including phenoxy) is 2. The van der Waals surface area contributed by atoms with Crippen molar-refractivity contribution in [3.8, 4) is 5.75 Å². The van der Waals surface area contributed by atoms with Gasteiger partial charge in [-0.2, -0.15) is 0 Å². The van der Waals surface area contributed by atoms with Gasteiger partial charge in [0.2, 0.25) is 0 Å². The van der Waals surface area contributed by atoms with Crippen molar-refractivity contribution in [2.45, 2.75) is 23.0 Å². The van der Waals surface area contributed by atoms with Crippen LogP contribution in [-0.4, -0.2) is 65.1 Å². The first-order chi connectivity index (χ1) is 11.5. The van der Waals surface area contributed by atoms with Crippen molar-refractivity contribution in [1.29, 1.82) is 0 Å². The van der Waals surface area contributed by atoms with E-state index in [1.165, 1.54) is 7.11 Å². The number of sulfone groups is 1. The average Bonchev–Trinajstić information content (AvgIpc) is 2.62. The summed E-state index contributed by atoms with van der Waals surface area (Å²) in [5.41, 5.74) is 0. The second kappa shape index (κ2) is 8.34. The predicted octanol–water partition coefficient (Wildman–Crippen LogP) is 1.29. The summed E-state index contributed by atoms with van der Waals surface area (Å²) < 4.78 is 35.3. The van der Waals surface area contributed by atoms with Gasteiger partial charge in [-0.25, -0.2) is 13.2 Å². The Hall–Kier alpha value is -1.80. The van der Waals surface area contributed by atoms with Crippen LogP contribution in [0, 0.1) is 0 Å². The van der Waals surface area contributed by atoms with Crippen molar-refractivity contribution in [3.05, 3.63) is 24.3 Å². The van der Waals surface area contributed by atoms with Gasteiger partial charge in [-0.15, -0.1) is 0 Å². The van der Waals surface area contributed by atoms with E-state index < -0.39 is 15.1 Å². The van der Waals surface area contributed by atoms with Gasteiger partial charge in [0.1, 0.15) is 5.75 Å². The first-order valence-electron chi connectivity index (χ1n) is 7.88. The molecule has 1 heterocycles. The first-order valence-corrected chi connectivity index (χ1v) is 9.43. The summed E-state index contributed by atoms with van der Waals surface area (Å²) >= 11 is 0. The number of nitrogens with zero attached hydrogens (tertiary/aromatic N) is 1. The SMILES string of the molecule is COCCNC(=O)N1CCC(S(=O)(=O)c2ccc(OC)cc2)CC1. The number of benzene rings is 1. The highest BCUT2D eigenvalue weighted by molar-refractivity contribution is 7.92. The molecule has 0 atom stereocenters. The minimum Gasteiger partial charge on any atom is -0.497 e. The molecule has 1 aliphatic heterocycles. The Morgan fingerprint density at radius 3 is 2.38 bits per heavy atom. The molecule has 0 aliphatic carbocycles. The second-order valence-corrected chi connectivity index (χ2v) is 7.86. The highest BCUT2D eigenvalue weighted by Crippen LogP contribution is 2.26. The van der Waals surface area contributed by atoms with Gasteiger partial charge < -0.3 is 19.7 Å². The quantitative estimate of drug-likeness (QED) is 0.777. The third-order valence-electron chi connectivity index (χ3n) is 4.14. The predicted molar refractivity (Wildman–Crippen MR) is 90.0 cm³/mol. The van der Waals surface area contributed by atoms with Crippen LogP contribution in [0.4, 0.5) is 4.79 Å². The molecule has 2 rings (SSSR count). The summed E-state index contributed by atoms with van der Waals surface area (Å²) in [5.74, 6) is 0.622. The summed E-state index contributed by atoms with van der Waals surface area (Å²) in [6.45, 7) is 1.76. The van der Waals surface area contributed by atoms with Gasteiger partial charge in [0.25, 0.3) is 0 Å². The Kier molecular flexibility index (Phi) is 6.44. The lowest BCUT2D eigenvalue weighted by atomic mass is 10.1. The number of hydrogen-bond donors (Lipinski definition) is 1. The summed E-state index contributed by atoms with van der Waals surface area (Å²) in [6, 6.07) is 6.25. The van der Waals surface area contributed by atoms with Gasteiger partial charge in [0.05, 0.1) is 23.9 Å². The normalized spacial score (nSPS) is 16.0. The number of carbonyl (C=O) groups excluding carboxylic acids is 1. The Morgan fingerprint density at radius 2 is 1.83 bits per heavy atom. The average molecular weight is 356 g/mol. The zero-order valence-corrected chi connectivity index (χ0v) is 14.8. The van der Waals surface area contributed by atoms with Crippen LogP contribution in [0.15, 0.2) is 29.2 Å². The minimum atomic E-state index is -3.39. The maximum Gasteiger partial charge on any atom is 0.317 e. The van der Waals surface area contributed by atoms with Crippen LogP contribution >= 0.6 is 0 Å². The lowest BCUT2D eigenvalue weighted by Gasteiger charge is -2.31. The monoisotopic (exact) mass is 356 g/mol. The zero-order valence-electron chi connectivity index (χ0n) is 14.0. The fraction of sp³-hybridized carbons (Fsp3) is 0.562.